The van der Waals surface area contributed by atoms with Gasteiger partial charge in [-0.1, -0.05) is 11.6 Å². The quantitative estimate of drug-likeness (QED) is 0.804. The Morgan fingerprint density at radius 3 is 2.62 bits per heavy atom. The van der Waals surface area contributed by atoms with E-state index < -0.39 is 0 Å². The first-order valence-corrected chi connectivity index (χ1v) is 7.27. The van der Waals surface area contributed by atoms with Crippen LogP contribution in [0.3, 0.4) is 0 Å². The van der Waals surface area contributed by atoms with E-state index in [9.17, 15) is 9.59 Å². The van der Waals surface area contributed by atoms with E-state index in [4.69, 9.17) is 16.4 Å². The van der Waals surface area contributed by atoms with Crippen molar-refractivity contribution in [2.45, 2.75) is 12.8 Å². The van der Waals surface area contributed by atoms with Crippen LogP contribution in [0.4, 0.5) is 0 Å². The molecule has 1 aliphatic heterocycles. The Morgan fingerprint density at radius 1 is 1.33 bits per heavy atom. The summed E-state index contributed by atoms with van der Waals surface area (Å²) in [5, 5.41) is 1.82. The SMILES string of the molecule is CON(C)C(=O)C1CCCN(C(=O)c2ccc(Cl)cc2)C1. The summed E-state index contributed by atoms with van der Waals surface area (Å²) in [4.78, 5) is 31.2. The molecule has 0 N–H and O–H groups in total. The zero-order valence-corrected chi connectivity index (χ0v) is 13.0. The van der Waals surface area contributed by atoms with E-state index >= 15 is 0 Å². The van der Waals surface area contributed by atoms with Crippen molar-refractivity contribution in [2.24, 2.45) is 5.92 Å². The fourth-order valence-corrected chi connectivity index (χ4v) is 2.61. The molecule has 21 heavy (non-hydrogen) atoms. The number of carbonyl (C=O) groups excluding carboxylic acids is 2. The first kappa shape index (κ1) is 15.8. The third-order valence-electron chi connectivity index (χ3n) is 3.73. The second-order valence-electron chi connectivity index (χ2n) is 5.12. The summed E-state index contributed by atoms with van der Waals surface area (Å²) in [5.41, 5.74) is 0.590. The van der Waals surface area contributed by atoms with Gasteiger partial charge in [0, 0.05) is 30.7 Å². The molecule has 114 valence electrons. The van der Waals surface area contributed by atoms with Gasteiger partial charge in [-0.25, -0.2) is 5.06 Å². The van der Waals surface area contributed by atoms with Gasteiger partial charge in [0.05, 0.1) is 13.0 Å². The number of hydrogen-bond acceptors (Lipinski definition) is 3. The zero-order valence-electron chi connectivity index (χ0n) is 12.2. The fraction of sp³-hybridized carbons (Fsp3) is 0.467. The molecule has 0 radical (unpaired) electrons. The van der Waals surface area contributed by atoms with Crippen LogP contribution in [0.5, 0.6) is 0 Å². The highest BCUT2D eigenvalue weighted by Gasteiger charge is 2.30. The molecule has 2 amide bonds. The molecule has 0 saturated carbocycles. The van der Waals surface area contributed by atoms with Gasteiger partial charge in [0.2, 0.25) is 0 Å². The van der Waals surface area contributed by atoms with Crippen LogP contribution in [-0.2, 0) is 9.63 Å². The lowest BCUT2D eigenvalue weighted by atomic mass is 9.96. The Balaban J connectivity index is 2.05. The number of likely N-dealkylation sites (tertiary alicyclic amines) is 1. The molecular formula is C15H19ClN2O3. The summed E-state index contributed by atoms with van der Waals surface area (Å²) in [7, 11) is 3.04. The van der Waals surface area contributed by atoms with E-state index in [0.29, 0.717) is 23.7 Å². The van der Waals surface area contributed by atoms with Crippen molar-refractivity contribution in [3.05, 3.63) is 34.9 Å². The number of halogens is 1. The normalized spacial score (nSPS) is 18.4. The van der Waals surface area contributed by atoms with Gasteiger partial charge >= 0.3 is 0 Å². The lowest BCUT2D eigenvalue weighted by Gasteiger charge is -2.33. The summed E-state index contributed by atoms with van der Waals surface area (Å²) in [6.45, 7) is 1.09. The van der Waals surface area contributed by atoms with Gasteiger partial charge in [0.25, 0.3) is 11.8 Å². The smallest absolute Gasteiger partial charge is 0.253 e. The number of carbonyl (C=O) groups is 2. The van der Waals surface area contributed by atoms with E-state index in [1.165, 1.54) is 12.2 Å². The number of hydroxylamine groups is 2. The molecule has 1 atom stereocenters. The highest BCUT2D eigenvalue weighted by molar-refractivity contribution is 6.30. The molecule has 0 aromatic heterocycles. The minimum Gasteiger partial charge on any atom is -0.338 e. The summed E-state index contributed by atoms with van der Waals surface area (Å²) < 4.78 is 0. The number of rotatable bonds is 3. The molecule has 1 heterocycles. The van der Waals surface area contributed by atoms with Crippen LogP contribution in [0.25, 0.3) is 0 Å². The minimum absolute atomic E-state index is 0.0655. The Hall–Kier alpha value is -1.59. The standard InChI is InChI=1S/C15H19ClN2O3/c1-17(21-2)14(19)12-4-3-9-18(10-12)15(20)11-5-7-13(16)8-6-11/h5-8,12H,3-4,9-10H2,1-2H3. The number of piperidine rings is 1. The Labute approximate surface area is 129 Å². The van der Waals surface area contributed by atoms with Gasteiger partial charge in [-0.15, -0.1) is 0 Å². The van der Waals surface area contributed by atoms with Crippen molar-refractivity contribution >= 4 is 23.4 Å². The summed E-state index contributed by atoms with van der Waals surface area (Å²) in [6, 6.07) is 6.80. The van der Waals surface area contributed by atoms with Gasteiger partial charge in [-0.3, -0.25) is 14.4 Å². The molecule has 5 nitrogen and oxygen atoms in total. The maximum atomic E-state index is 12.4. The second-order valence-corrected chi connectivity index (χ2v) is 5.55. The Bertz CT molecular complexity index is 518. The molecule has 1 fully saturated rings. The molecule has 0 spiro atoms. The van der Waals surface area contributed by atoms with E-state index in [2.05, 4.69) is 0 Å². The summed E-state index contributed by atoms with van der Waals surface area (Å²) in [5.74, 6) is -0.365. The summed E-state index contributed by atoms with van der Waals surface area (Å²) in [6.07, 6.45) is 1.59. The van der Waals surface area contributed by atoms with Gasteiger partial charge in [-0.05, 0) is 37.1 Å². The molecule has 1 aliphatic rings. The molecule has 0 aliphatic carbocycles. The predicted octanol–water partition coefficient (Wildman–Crippen LogP) is 2.21. The molecular weight excluding hydrogens is 292 g/mol. The van der Waals surface area contributed by atoms with Crippen molar-refractivity contribution in [3.63, 3.8) is 0 Å². The van der Waals surface area contributed by atoms with Crippen molar-refractivity contribution in [1.29, 1.82) is 0 Å². The number of amides is 2. The van der Waals surface area contributed by atoms with Crippen LogP contribution < -0.4 is 0 Å². The van der Waals surface area contributed by atoms with Crippen molar-refractivity contribution < 1.29 is 14.4 Å². The third-order valence-corrected chi connectivity index (χ3v) is 3.99. The van der Waals surface area contributed by atoms with Gasteiger partial charge in [0.15, 0.2) is 0 Å². The van der Waals surface area contributed by atoms with Crippen LogP contribution in [0.2, 0.25) is 5.02 Å². The minimum atomic E-state index is -0.208. The zero-order chi connectivity index (χ0) is 15.4. The molecule has 0 bridgehead atoms. The van der Waals surface area contributed by atoms with E-state index in [-0.39, 0.29) is 17.7 Å². The average Bonchev–Trinajstić information content (AvgIpc) is 2.53. The average molecular weight is 311 g/mol. The van der Waals surface area contributed by atoms with Crippen molar-refractivity contribution in [2.75, 3.05) is 27.2 Å². The fourth-order valence-electron chi connectivity index (χ4n) is 2.49. The maximum Gasteiger partial charge on any atom is 0.253 e. The highest BCUT2D eigenvalue weighted by Crippen LogP contribution is 2.21. The molecule has 1 unspecified atom stereocenters. The summed E-state index contributed by atoms with van der Waals surface area (Å²) >= 11 is 5.83. The lowest BCUT2D eigenvalue weighted by Crippen LogP contribution is -2.45. The van der Waals surface area contributed by atoms with Gasteiger partial charge in [-0.2, -0.15) is 0 Å². The Kier molecular flexibility index (Phi) is 5.20. The second kappa shape index (κ2) is 6.91. The van der Waals surface area contributed by atoms with E-state index in [0.717, 1.165) is 12.8 Å². The topological polar surface area (TPSA) is 49.9 Å². The molecule has 1 saturated heterocycles. The monoisotopic (exact) mass is 310 g/mol. The number of nitrogens with zero attached hydrogens (tertiary/aromatic N) is 2. The van der Waals surface area contributed by atoms with Crippen LogP contribution in [0.15, 0.2) is 24.3 Å². The first-order chi connectivity index (χ1) is 10.0. The molecule has 2 rings (SSSR count). The predicted molar refractivity (Wildman–Crippen MR) is 79.9 cm³/mol. The van der Waals surface area contributed by atoms with E-state index in [1.807, 2.05) is 0 Å². The lowest BCUT2D eigenvalue weighted by molar-refractivity contribution is -0.174. The van der Waals surface area contributed by atoms with Crippen molar-refractivity contribution in [3.8, 4) is 0 Å². The maximum absolute atomic E-state index is 12.4. The number of benzene rings is 1. The van der Waals surface area contributed by atoms with Crippen LogP contribution in [0.1, 0.15) is 23.2 Å². The largest absolute Gasteiger partial charge is 0.338 e. The van der Waals surface area contributed by atoms with Gasteiger partial charge in [0.1, 0.15) is 0 Å². The van der Waals surface area contributed by atoms with E-state index in [1.54, 1.807) is 36.2 Å². The molecule has 1 aromatic rings. The van der Waals surface area contributed by atoms with Crippen LogP contribution in [0, 0.1) is 5.92 Å². The molecule has 6 heteroatoms. The number of hydrogen-bond donors (Lipinski definition) is 0. The Morgan fingerprint density at radius 2 is 2.00 bits per heavy atom. The van der Waals surface area contributed by atoms with Crippen molar-refractivity contribution in [1.82, 2.24) is 9.96 Å². The molecule has 1 aromatic carbocycles. The third kappa shape index (κ3) is 3.74. The van der Waals surface area contributed by atoms with Gasteiger partial charge < -0.3 is 4.90 Å². The van der Waals surface area contributed by atoms with Crippen LogP contribution in [-0.4, -0.2) is 49.0 Å². The first-order valence-electron chi connectivity index (χ1n) is 6.89. The van der Waals surface area contributed by atoms with Crippen LogP contribution >= 0.6 is 11.6 Å². The highest BCUT2D eigenvalue weighted by atomic mass is 35.5.